The van der Waals surface area contributed by atoms with Crippen molar-refractivity contribution in [3.8, 4) is 0 Å². The van der Waals surface area contributed by atoms with Crippen molar-refractivity contribution in [2.75, 3.05) is 32.8 Å². The molecule has 1 aliphatic heterocycles. The molecule has 0 aliphatic carbocycles. The highest BCUT2D eigenvalue weighted by molar-refractivity contribution is 7.89. The van der Waals surface area contributed by atoms with Crippen molar-refractivity contribution in [1.82, 2.24) is 9.62 Å². The first kappa shape index (κ1) is 20.5. The van der Waals surface area contributed by atoms with Gasteiger partial charge in [-0.15, -0.1) is 0 Å². The van der Waals surface area contributed by atoms with Crippen LogP contribution in [0.25, 0.3) is 0 Å². The van der Waals surface area contributed by atoms with Gasteiger partial charge in [-0.3, -0.25) is 4.90 Å². The maximum Gasteiger partial charge on any atom is 0.243 e. The number of nitrogens with zero attached hydrogens (tertiary/aromatic N) is 1. The molecule has 2 aromatic rings. The lowest BCUT2D eigenvalue weighted by atomic mass is 10.0. The van der Waals surface area contributed by atoms with Crippen LogP contribution < -0.4 is 4.72 Å². The maximum absolute atomic E-state index is 14.1. The van der Waals surface area contributed by atoms with Gasteiger partial charge in [0.05, 0.1) is 13.2 Å². The Bertz CT molecular complexity index is 905. The first-order chi connectivity index (χ1) is 12.9. The molecule has 2 aromatic carbocycles. The van der Waals surface area contributed by atoms with E-state index in [1.165, 1.54) is 6.07 Å². The highest BCUT2D eigenvalue weighted by atomic mass is 35.5. The maximum atomic E-state index is 14.1. The Labute approximate surface area is 168 Å². The van der Waals surface area contributed by atoms with Crippen LogP contribution in [0, 0.1) is 5.82 Å². The quantitative estimate of drug-likeness (QED) is 0.758. The summed E-state index contributed by atoms with van der Waals surface area (Å²) >= 11 is 12.0. The summed E-state index contributed by atoms with van der Waals surface area (Å²) in [6.07, 6.45) is 0. The van der Waals surface area contributed by atoms with Crippen molar-refractivity contribution in [2.45, 2.75) is 10.9 Å². The van der Waals surface area contributed by atoms with E-state index in [0.717, 1.165) is 17.7 Å². The second-order valence-corrected chi connectivity index (χ2v) is 8.69. The number of morpholine rings is 1. The monoisotopic (exact) mass is 432 g/mol. The summed E-state index contributed by atoms with van der Waals surface area (Å²) in [5.41, 5.74) is 0.806. The molecule has 1 atom stereocenters. The Morgan fingerprint density at radius 2 is 1.85 bits per heavy atom. The third-order valence-corrected chi connectivity index (χ3v) is 6.44. The fourth-order valence-corrected chi connectivity index (χ4v) is 4.55. The Hall–Kier alpha value is -1.22. The second-order valence-electron chi connectivity index (χ2n) is 6.11. The number of benzene rings is 2. The molecule has 5 nitrogen and oxygen atoms in total. The molecule has 0 spiro atoms. The summed E-state index contributed by atoms with van der Waals surface area (Å²) in [6, 6.07) is 10.5. The largest absolute Gasteiger partial charge is 0.379 e. The average Bonchev–Trinajstić information content (AvgIpc) is 2.64. The predicted molar refractivity (Wildman–Crippen MR) is 103 cm³/mol. The van der Waals surface area contributed by atoms with Gasteiger partial charge in [-0.05, 0) is 29.8 Å². The van der Waals surface area contributed by atoms with Crippen molar-refractivity contribution in [2.24, 2.45) is 0 Å². The van der Waals surface area contributed by atoms with Crippen molar-refractivity contribution in [3.05, 3.63) is 63.9 Å². The van der Waals surface area contributed by atoms with Crippen LogP contribution in [-0.2, 0) is 14.8 Å². The van der Waals surface area contributed by atoms with Gasteiger partial charge in [0.15, 0.2) is 0 Å². The van der Waals surface area contributed by atoms with E-state index in [0.29, 0.717) is 31.3 Å². The lowest BCUT2D eigenvalue weighted by molar-refractivity contribution is 0.0172. The molecular weight excluding hydrogens is 414 g/mol. The molecule has 146 valence electrons. The summed E-state index contributed by atoms with van der Waals surface area (Å²) in [4.78, 5) is 1.66. The van der Waals surface area contributed by atoms with Crippen molar-refractivity contribution >= 4 is 33.2 Å². The van der Waals surface area contributed by atoms with Crippen LogP contribution in [0.5, 0.6) is 0 Å². The minimum Gasteiger partial charge on any atom is -0.379 e. The average molecular weight is 433 g/mol. The minimum absolute atomic E-state index is 0.0497. The Morgan fingerprint density at radius 1 is 1.15 bits per heavy atom. The van der Waals surface area contributed by atoms with E-state index in [1.807, 2.05) is 18.2 Å². The number of hydrogen-bond acceptors (Lipinski definition) is 4. The molecule has 1 N–H and O–H groups in total. The van der Waals surface area contributed by atoms with E-state index in [4.69, 9.17) is 27.9 Å². The summed E-state index contributed by atoms with van der Waals surface area (Å²) in [7, 11) is -4.05. The number of halogens is 3. The molecule has 1 fully saturated rings. The van der Waals surface area contributed by atoms with E-state index in [1.54, 1.807) is 6.07 Å². The second kappa shape index (κ2) is 8.86. The first-order valence-electron chi connectivity index (χ1n) is 8.39. The molecule has 0 saturated carbocycles. The zero-order chi connectivity index (χ0) is 19.4. The molecule has 0 aromatic heterocycles. The third-order valence-electron chi connectivity index (χ3n) is 4.40. The van der Waals surface area contributed by atoms with Gasteiger partial charge >= 0.3 is 0 Å². The molecule has 1 saturated heterocycles. The van der Waals surface area contributed by atoms with Crippen molar-refractivity contribution < 1.29 is 17.5 Å². The molecule has 0 bridgehead atoms. The smallest absolute Gasteiger partial charge is 0.243 e. The molecule has 9 heteroatoms. The summed E-state index contributed by atoms with van der Waals surface area (Å²) in [6.45, 7) is 2.45. The van der Waals surface area contributed by atoms with Crippen LogP contribution in [0.2, 0.25) is 10.0 Å². The normalized spacial score (nSPS) is 17.0. The third kappa shape index (κ3) is 4.99. The van der Waals surface area contributed by atoms with Gasteiger partial charge in [-0.25, -0.2) is 17.5 Å². The number of ether oxygens (including phenoxy) is 1. The molecular formula is C18H19Cl2FN2O3S. The predicted octanol–water partition coefficient (Wildman–Crippen LogP) is 3.48. The topological polar surface area (TPSA) is 58.6 Å². The molecule has 1 aliphatic rings. The lowest BCUT2D eigenvalue weighted by Gasteiger charge is -2.35. The summed E-state index contributed by atoms with van der Waals surface area (Å²) < 4.78 is 47.1. The fraction of sp³-hybridized carbons (Fsp3) is 0.333. The van der Waals surface area contributed by atoms with Gasteiger partial charge in [-0.1, -0.05) is 41.4 Å². The van der Waals surface area contributed by atoms with E-state index < -0.39 is 20.7 Å². The standard InChI is InChI=1S/C18H19Cl2FN2O3S/c19-13-5-6-18(16(21)11-13)27(24,25)22-12-17(23-7-9-26-10-8-23)14-3-1-2-4-15(14)20/h1-6,11,17,22H,7-10,12H2. The number of sulfonamides is 1. The van der Waals surface area contributed by atoms with Crippen LogP contribution in [0.15, 0.2) is 47.4 Å². The SMILES string of the molecule is O=S(=O)(NCC(c1ccccc1Cl)N1CCOCC1)c1ccc(Cl)cc1F. The molecule has 3 rings (SSSR count). The lowest BCUT2D eigenvalue weighted by Crippen LogP contribution is -2.44. The summed E-state index contributed by atoms with van der Waals surface area (Å²) in [5, 5.41) is 0.680. The highest BCUT2D eigenvalue weighted by Gasteiger charge is 2.27. The number of nitrogens with one attached hydrogen (secondary N) is 1. The van der Waals surface area contributed by atoms with Gasteiger partial charge in [0.1, 0.15) is 10.7 Å². The highest BCUT2D eigenvalue weighted by Crippen LogP contribution is 2.28. The zero-order valence-electron chi connectivity index (χ0n) is 14.4. The van der Waals surface area contributed by atoms with Gasteiger partial charge < -0.3 is 4.74 Å². The summed E-state index contributed by atoms with van der Waals surface area (Å²) in [5.74, 6) is -0.893. The van der Waals surface area contributed by atoms with E-state index in [-0.39, 0.29) is 17.6 Å². The Kier molecular flexibility index (Phi) is 6.73. The first-order valence-corrected chi connectivity index (χ1v) is 10.6. The van der Waals surface area contributed by atoms with Crippen molar-refractivity contribution in [1.29, 1.82) is 0 Å². The number of hydrogen-bond donors (Lipinski definition) is 1. The van der Waals surface area contributed by atoms with Crippen LogP contribution in [0.1, 0.15) is 11.6 Å². The molecule has 1 unspecified atom stereocenters. The Balaban J connectivity index is 1.85. The zero-order valence-corrected chi connectivity index (χ0v) is 16.7. The Morgan fingerprint density at radius 3 is 2.52 bits per heavy atom. The minimum atomic E-state index is -4.05. The van der Waals surface area contributed by atoms with E-state index in [2.05, 4.69) is 9.62 Å². The van der Waals surface area contributed by atoms with Gasteiger partial charge in [0, 0.05) is 35.7 Å². The van der Waals surface area contributed by atoms with Crippen LogP contribution in [-0.4, -0.2) is 46.2 Å². The number of rotatable bonds is 6. The van der Waals surface area contributed by atoms with Gasteiger partial charge in [-0.2, -0.15) is 0 Å². The molecule has 1 heterocycles. The van der Waals surface area contributed by atoms with Crippen LogP contribution in [0.3, 0.4) is 0 Å². The van der Waals surface area contributed by atoms with Crippen molar-refractivity contribution in [3.63, 3.8) is 0 Å². The molecule has 0 amide bonds. The fourth-order valence-electron chi connectivity index (χ4n) is 3.03. The molecule has 27 heavy (non-hydrogen) atoms. The van der Waals surface area contributed by atoms with Crippen LogP contribution in [0.4, 0.5) is 4.39 Å². The van der Waals surface area contributed by atoms with E-state index >= 15 is 0 Å². The van der Waals surface area contributed by atoms with Gasteiger partial charge in [0.2, 0.25) is 10.0 Å². The van der Waals surface area contributed by atoms with Gasteiger partial charge in [0.25, 0.3) is 0 Å². The van der Waals surface area contributed by atoms with Crippen LogP contribution >= 0.6 is 23.2 Å². The van der Waals surface area contributed by atoms with E-state index in [9.17, 15) is 12.8 Å². The molecule has 0 radical (unpaired) electrons.